The molecule has 160 valence electrons. The van der Waals surface area contributed by atoms with Gasteiger partial charge in [0.2, 0.25) is 5.91 Å². The largest absolute Gasteiger partial charge is 0.325 e. The number of anilines is 2. The number of carbonyl (C=O) groups excluding carboxylic acids is 2. The predicted octanol–water partition coefficient (Wildman–Crippen LogP) is 4.36. The highest BCUT2D eigenvalue weighted by Gasteiger charge is 2.29. The Hall–Kier alpha value is -3.45. The van der Waals surface area contributed by atoms with Gasteiger partial charge >= 0.3 is 0 Å². The van der Waals surface area contributed by atoms with E-state index in [2.05, 4.69) is 10.6 Å². The minimum absolute atomic E-state index is 0.106. The summed E-state index contributed by atoms with van der Waals surface area (Å²) in [5.41, 5.74) is 3.47. The van der Waals surface area contributed by atoms with Gasteiger partial charge in [-0.3, -0.25) is 9.59 Å². The third kappa shape index (κ3) is 5.38. The topological polar surface area (TPSA) is 92.3 Å². The number of hydrogen-bond acceptors (Lipinski definition) is 4. The quantitative estimate of drug-likeness (QED) is 0.601. The molecule has 0 aliphatic carbocycles. The highest BCUT2D eigenvalue weighted by Crippen LogP contribution is 2.20. The molecule has 0 spiro atoms. The normalized spacial score (nSPS) is 12.1. The summed E-state index contributed by atoms with van der Waals surface area (Å²) < 4.78 is 25.4. The molecule has 3 aromatic carbocycles. The molecule has 0 saturated heterocycles. The van der Waals surface area contributed by atoms with Crippen LogP contribution in [0.3, 0.4) is 0 Å². The highest BCUT2D eigenvalue weighted by molar-refractivity contribution is 7.92. The number of rotatable bonds is 6. The lowest BCUT2D eigenvalue weighted by atomic mass is 10.1. The molecule has 0 heterocycles. The molecule has 0 aliphatic rings. The molecule has 0 bridgehead atoms. The first-order chi connectivity index (χ1) is 14.7. The van der Waals surface area contributed by atoms with Gasteiger partial charge in [-0.25, -0.2) is 8.42 Å². The molecule has 0 fully saturated rings. The molecule has 2 N–H and O–H groups in total. The number of benzene rings is 3. The van der Waals surface area contributed by atoms with E-state index in [4.69, 9.17) is 0 Å². The van der Waals surface area contributed by atoms with Gasteiger partial charge in [-0.05, 0) is 69.3 Å². The van der Waals surface area contributed by atoms with Crippen LogP contribution in [0.5, 0.6) is 0 Å². The van der Waals surface area contributed by atoms with Crippen LogP contribution in [0.15, 0.2) is 77.7 Å². The van der Waals surface area contributed by atoms with Crippen molar-refractivity contribution < 1.29 is 18.0 Å². The van der Waals surface area contributed by atoms with Gasteiger partial charge in [-0.15, -0.1) is 0 Å². The van der Waals surface area contributed by atoms with E-state index in [1.807, 2.05) is 26.0 Å². The molecule has 0 radical (unpaired) electrons. The second kappa shape index (κ2) is 9.14. The van der Waals surface area contributed by atoms with E-state index in [0.29, 0.717) is 16.9 Å². The fourth-order valence-corrected chi connectivity index (χ4v) is 4.21. The van der Waals surface area contributed by atoms with Gasteiger partial charge in [0.1, 0.15) is 5.25 Å². The zero-order valence-electron chi connectivity index (χ0n) is 17.5. The number of aryl methyl sites for hydroxylation is 2. The Morgan fingerprint density at radius 3 is 1.94 bits per heavy atom. The zero-order chi connectivity index (χ0) is 22.6. The van der Waals surface area contributed by atoms with Crippen molar-refractivity contribution in [3.8, 4) is 0 Å². The monoisotopic (exact) mass is 436 g/mol. The van der Waals surface area contributed by atoms with Crippen LogP contribution in [0.1, 0.15) is 28.4 Å². The summed E-state index contributed by atoms with van der Waals surface area (Å²) in [5.74, 6) is -0.865. The molecule has 0 aliphatic heterocycles. The van der Waals surface area contributed by atoms with Crippen LogP contribution in [-0.4, -0.2) is 25.5 Å². The van der Waals surface area contributed by atoms with Crippen LogP contribution in [0.4, 0.5) is 11.4 Å². The number of sulfone groups is 1. The summed E-state index contributed by atoms with van der Waals surface area (Å²) in [6.45, 7) is 5.13. The van der Waals surface area contributed by atoms with Crippen LogP contribution in [0.25, 0.3) is 0 Å². The second-order valence-electron chi connectivity index (χ2n) is 7.39. The summed E-state index contributed by atoms with van der Waals surface area (Å²) in [6, 6.07) is 20.1. The van der Waals surface area contributed by atoms with Crippen LogP contribution in [0.2, 0.25) is 0 Å². The summed E-state index contributed by atoms with van der Waals surface area (Å²) >= 11 is 0. The Labute approximate surface area is 182 Å². The Morgan fingerprint density at radius 1 is 0.774 bits per heavy atom. The Balaban J connectivity index is 1.65. The standard InChI is InChI=1S/C24H24N2O4S/c1-16-7-13-22(14-8-16)31(29,30)18(3)23(27)25-20-9-11-21(12-10-20)26-24(28)19-6-4-5-17(2)15-19/h4-15,18H,1-3H3,(H,25,27)(H,26,28). The summed E-state index contributed by atoms with van der Waals surface area (Å²) in [7, 11) is -3.80. The number of hydrogen-bond donors (Lipinski definition) is 2. The van der Waals surface area contributed by atoms with Gasteiger partial charge in [0.05, 0.1) is 4.90 Å². The predicted molar refractivity (Wildman–Crippen MR) is 122 cm³/mol. The van der Waals surface area contributed by atoms with Crippen LogP contribution >= 0.6 is 0 Å². The number of nitrogens with one attached hydrogen (secondary N) is 2. The van der Waals surface area contributed by atoms with E-state index in [1.165, 1.54) is 19.1 Å². The zero-order valence-corrected chi connectivity index (χ0v) is 18.4. The molecule has 1 unspecified atom stereocenters. The van der Waals surface area contributed by atoms with Gasteiger partial charge in [0, 0.05) is 16.9 Å². The van der Waals surface area contributed by atoms with E-state index < -0.39 is 21.0 Å². The van der Waals surface area contributed by atoms with Gasteiger partial charge in [-0.2, -0.15) is 0 Å². The first-order valence-electron chi connectivity index (χ1n) is 9.76. The van der Waals surface area contributed by atoms with Gasteiger partial charge in [0.15, 0.2) is 9.84 Å². The molecule has 2 amide bonds. The maximum Gasteiger partial charge on any atom is 0.255 e. The second-order valence-corrected chi connectivity index (χ2v) is 9.66. The Morgan fingerprint density at radius 2 is 1.35 bits per heavy atom. The highest BCUT2D eigenvalue weighted by atomic mass is 32.2. The third-order valence-electron chi connectivity index (χ3n) is 4.87. The average molecular weight is 437 g/mol. The lowest BCUT2D eigenvalue weighted by molar-refractivity contribution is -0.115. The SMILES string of the molecule is Cc1ccc(S(=O)(=O)C(C)C(=O)Nc2ccc(NC(=O)c3cccc(C)c3)cc2)cc1. The molecule has 1 atom stereocenters. The lowest BCUT2D eigenvalue weighted by Crippen LogP contribution is -2.32. The molecular weight excluding hydrogens is 412 g/mol. The minimum atomic E-state index is -3.80. The van der Waals surface area contributed by atoms with Crippen molar-refractivity contribution in [3.63, 3.8) is 0 Å². The van der Waals surface area contributed by atoms with E-state index in [0.717, 1.165) is 11.1 Å². The minimum Gasteiger partial charge on any atom is -0.325 e. The Kier molecular flexibility index (Phi) is 6.56. The maximum atomic E-state index is 12.7. The summed E-state index contributed by atoms with van der Waals surface area (Å²) in [6.07, 6.45) is 0. The van der Waals surface area contributed by atoms with Gasteiger partial charge in [-0.1, -0.05) is 35.4 Å². The maximum absolute atomic E-state index is 12.7. The van der Waals surface area contributed by atoms with E-state index >= 15 is 0 Å². The van der Waals surface area contributed by atoms with Crippen LogP contribution < -0.4 is 10.6 Å². The van der Waals surface area contributed by atoms with E-state index in [9.17, 15) is 18.0 Å². The molecule has 3 aromatic rings. The van der Waals surface area contributed by atoms with Crippen molar-refractivity contribution in [1.29, 1.82) is 0 Å². The Bertz CT molecular complexity index is 1200. The van der Waals surface area contributed by atoms with Crippen molar-refractivity contribution in [3.05, 3.63) is 89.5 Å². The van der Waals surface area contributed by atoms with Crippen molar-refractivity contribution >= 4 is 33.0 Å². The average Bonchev–Trinajstić information content (AvgIpc) is 2.74. The first kappa shape index (κ1) is 22.2. The third-order valence-corrected chi connectivity index (χ3v) is 6.95. The smallest absolute Gasteiger partial charge is 0.255 e. The van der Waals surface area contributed by atoms with Gasteiger partial charge < -0.3 is 10.6 Å². The summed E-state index contributed by atoms with van der Waals surface area (Å²) in [4.78, 5) is 25.0. The lowest BCUT2D eigenvalue weighted by Gasteiger charge is -2.14. The van der Waals surface area contributed by atoms with E-state index in [1.54, 1.807) is 48.5 Å². The first-order valence-corrected chi connectivity index (χ1v) is 11.3. The van der Waals surface area contributed by atoms with Crippen molar-refractivity contribution in [2.75, 3.05) is 10.6 Å². The van der Waals surface area contributed by atoms with E-state index in [-0.39, 0.29) is 10.8 Å². The fourth-order valence-electron chi connectivity index (χ4n) is 2.94. The van der Waals surface area contributed by atoms with Crippen molar-refractivity contribution in [1.82, 2.24) is 0 Å². The summed E-state index contributed by atoms with van der Waals surface area (Å²) in [5, 5.41) is 4.16. The number of carbonyl (C=O) groups is 2. The molecule has 0 saturated carbocycles. The molecular formula is C24H24N2O4S. The molecule has 6 nitrogen and oxygen atoms in total. The number of amides is 2. The van der Waals surface area contributed by atoms with Crippen molar-refractivity contribution in [2.45, 2.75) is 30.9 Å². The molecule has 3 rings (SSSR count). The molecule has 0 aromatic heterocycles. The van der Waals surface area contributed by atoms with Gasteiger partial charge in [0.25, 0.3) is 5.91 Å². The van der Waals surface area contributed by atoms with Crippen LogP contribution in [0, 0.1) is 13.8 Å². The molecule has 7 heteroatoms. The fraction of sp³-hybridized carbons (Fsp3) is 0.167. The van der Waals surface area contributed by atoms with Crippen molar-refractivity contribution in [2.24, 2.45) is 0 Å². The molecule has 31 heavy (non-hydrogen) atoms. The van der Waals surface area contributed by atoms with Crippen LogP contribution in [-0.2, 0) is 14.6 Å².